The molecule has 0 saturated heterocycles. The van der Waals surface area contributed by atoms with Crippen molar-refractivity contribution in [2.75, 3.05) is 11.9 Å². The Bertz CT molecular complexity index is 408. The van der Waals surface area contributed by atoms with E-state index in [1.165, 1.54) is 31.7 Å². The zero-order chi connectivity index (χ0) is 12.3. The summed E-state index contributed by atoms with van der Waals surface area (Å²) in [5.74, 6) is -0.327. The van der Waals surface area contributed by atoms with Crippen LogP contribution in [0.15, 0.2) is 18.2 Å². The van der Waals surface area contributed by atoms with Crippen molar-refractivity contribution in [1.82, 2.24) is 4.98 Å². The van der Waals surface area contributed by atoms with Crippen LogP contribution < -0.4 is 5.32 Å². The molecule has 1 fully saturated rings. The molecule has 4 heteroatoms. The van der Waals surface area contributed by atoms with Gasteiger partial charge in [0.1, 0.15) is 5.82 Å². The summed E-state index contributed by atoms with van der Waals surface area (Å²) >= 11 is 0. The van der Waals surface area contributed by atoms with Crippen molar-refractivity contribution >= 4 is 11.8 Å². The summed E-state index contributed by atoms with van der Waals surface area (Å²) in [5, 5.41) is 12.1. The SMILES string of the molecule is CCC1(CNc2cccc(C(=O)O)n2)CCC1. The number of hydrogen-bond donors (Lipinski definition) is 2. The molecular weight excluding hydrogens is 216 g/mol. The van der Waals surface area contributed by atoms with Crippen LogP contribution in [0.4, 0.5) is 5.82 Å². The van der Waals surface area contributed by atoms with Crippen molar-refractivity contribution < 1.29 is 9.90 Å². The molecule has 0 bridgehead atoms. The van der Waals surface area contributed by atoms with Crippen molar-refractivity contribution in [3.05, 3.63) is 23.9 Å². The number of aromatic nitrogens is 1. The fourth-order valence-corrected chi connectivity index (χ4v) is 2.26. The summed E-state index contributed by atoms with van der Waals surface area (Å²) in [6, 6.07) is 5.04. The lowest BCUT2D eigenvalue weighted by Gasteiger charge is -2.41. The molecule has 2 N–H and O–H groups in total. The first-order chi connectivity index (χ1) is 8.15. The van der Waals surface area contributed by atoms with Gasteiger partial charge in [0.15, 0.2) is 5.69 Å². The Kier molecular flexibility index (Phi) is 3.31. The molecule has 1 saturated carbocycles. The standard InChI is InChI=1S/C13H18N2O2/c1-2-13(7-4-8-13)9-14-11-6-3-5-10(15-11)12(16)17/h3,5-6H,2,4,7-9H2,1H3,(H,14,15)(H,16,17). The van der Waals surface area contributed by atoms with Gasteiger partial charge in [-0.3, -0.25) is 0 Å². The van der Waals surface area contributed by atoms with Gasteiger partial charge in [-0.05, 0) is 36.8 Å². The minimum Gasteiger partial charge on any atom is -0.477 e. The molecule has 2 rings (SSSR count). The molecule has 1 aromatic rings. The number of anilines is 1. The van der Waals surface area contributed by atoms with Crippen LogP contribution in [0.25, 0.3) is 0 Å². The molecule has 0 aliphatic heterocycles. The van der Waals surface area contributed by atoms with Crippen LogP contribution in [-0.2, 0) is 0 Å². The number of aromatic carboxylic acids is 1. The molecule has 0 atom stereocenters. The molecule has 1 aromatic heterocycles. The summed E-state index contributed by atoms with van der Waals surface area (Å²) in [6.07, 6.45) is 4.99. The van der Waals surface area contributed by atoms with Crippen molar-refractivity contribution in [2.24, 2.45) is 5.41 Å². The monoisotopic (exact) mass is 234 g/mol. The van der Waals surface area contributed by atoms with E-state index in [-0.39, 0.29) is 5.69 Å². The quantitative estimate of drug-likeness (QED) is 0.822. The Hall–Kier alpha value is -1.58. The summed E-state index contributed by atoms with van der Waals surface area (Å²) < 4.78 is 0. The van der Waals surface area contributed by atoms with Gasteiger partial charge in [0.2, 0.25) is 0 Å². The van der Waals surface area contributed by atoms with E-state index in [4.69, 9.17) is 5.11 Å². The topological polar surface area (TPSA) is 62.2 Å². The van der Waals surface area contributed by atoms with Crippen LogP contribution in [0.2, 0.25) is 0 Å². The number of carboxylic acid groups (broad SMARTS) is 1. The number of pyridine rings is 1. The number of hydrogen-bond acceptors (Lipinski definition) is 3. The summed E-state index contributed by atoms with van der Waals surface area (Å²) in [7, 11) is 0. The lowest BCUT2D eigenvalue weighted by Crippen LogP contribution is -2.36. The first-order valence-electron chi connectivity index (χ1n) is 6.09. The lowest BCUT2D eigenvalue weighted by molar-refractivity contribution is 0.0690. The van der Waals surface area contributed by atoms with Gasteiger partial charge in [-0.1, -0.05) is 19.4 Å². The van der Waals surface area contributed by atoms with Crippen molar-refractivity contribution in [2.45, 2.75) is 32.6 Å². The Morgan fingerprint density at radius 1 is 1.53 bits per heavy atom. The molecule has 1 heterocycles. The third-order valence-electron chi connectivity index (χ3n) is 3.78. The Morgan fingerprint density at radius 3 is 2.82 bits per heavy atom. The lowest BCUT2D eigenvalue weighted by atomic mass is 9.67. The predicted molar refractivity (Wildman–Crippen MR) is 66.3 cm³/mol. The second kappa shape index (κ2) is 4.73. The maximum Gasteiger partial charge on any atom is 0.354 e. The van der Waals surface area contributed by atoms with Crippen LogP contribution in [0.5, 0.6) is 0 Å². The molecule has 92 valence electrons. The molecular formula is C13H18N2O2. The van der Waals surface area contributed by atoms with Gasteiger partial charge in [-0.2, -0.15) is 0 Å². The predicted octanol–water partition coefficient (Wildman–Crippen LogP) is 2.77. The van der Waals surface area contributed by atoms with Gasteiger partial charge in [0.05, 0.1) is 0 Å². The van der Waals surface area contributed by atoms with Gasteiger partial charge >= 0.3 is 5.97 Å². The highest BCUT2D eigenvalue weighted by atomic mass is 16.4. The third kappa shape index (κ3) is 2.57. The average Bonchev–Trinajstić information content (AvgIpc) is 2.28. The molecule has 0 unspecified atom stereocenters. The number of carbonyl (C=O) groups is 1. The number of nitrogens with zero attached hydrogens (tertiary/aromatic N) is 1. The molecule has 0 radical (unpaired) electrons. The van der Waals surface area contributed by atoms with Crippen LogP contribution in [-0.4, -0.2) is 22.6 Å². The van der Waals surface area contributed by atoms with Gasteiger partial charge < -0.3 is 10.4 Å². The molecule has 4 nitrogen and oxygen atoms in total. The normalized spacial score (nSPS) is 17.2. The number of rotatable bonds is 5. The first kappa shape index (κ1) is 11.9. The van der Waals surface area contributed by atoms with Gasteiger partial charge in [-0.15, -0.1) is 0 Å². The Labute approximate surface area is 101 Å². The zero-order valence-electron chi connectivity index (χ0n) is 10.1. The minimum absolute atomic E-state index is 0.0918. The van der Waals surface area contributed by atoms with E-state index in [9.17, 15) is 4.79 Å². The molecule has 0 aromatic carbocycles. The first-order valence-corrected chi connectivity index (χ1v) is 6.09. The maximum absolute atomic E-state index is 10.8. The van der Waals surface area contributed by atoms with E-state index >= 15 is 0 Å². The molecule has 0 amide bonds. The van der Waals surface area contributed by atoms with Crippen LogP contribution >= 0.6 is 0 Å². The fraction of sp³-hybridized carbons (Fsp3) is 0.538. The minimum atomic E-state index is -0.984. The molecule has 1 aliphatic carbocycles. The summed E-state index contributed by atoms with van der Waals surface area (Å²) in [4.78, 5) is 14.8. The van der Waals surface area contributed by atoms with Crippen molar-refractivity contribution in [1.29, 1.82) is 0 Å². The van der Waals surface area contributed by atoms with E-state index in [1.807, 2.05) is 6.07 Å². The van der Waals surface area contributed by atoms with Gasteiger partial charge in [0.25, 0.3) is 0 Å². The number of nitrogens with one attached hydrogen (secondary N) is 1. The second-order valence-corrected chi connectivity index (χ2v) is 4.77. The van der Waals surface area contributed by atoms with E-state index in [0.717, 1.165) is 6.54 Å². The van der Waals surface area contributed by atoms with E-state index in [0.29, 0.717) is 11.2 Å². The van der Waals surface area contributed by atoms with E-state index in [2.05, 4.69) is 17.2 Å². The van der Waals surface area contributed by atoms with E-state index in [1.54, 1.807) is 6.07 Å². The highest BCUT2D eigenvalue weighted by Crippen LogP contribution is 2.43. The van der Waals surface area contributed by atoms with Crippen LogP contribution in [0, 0.1) is 5.41 Å². The van der Waals surface area contributed by atoms with Crippen molar-refractivity contribution in [3.8, 4) is 0 Å². The zero-order valence-corrected chi connectivity index (χ0v) is 10.1. The van der Waals surface area contributed by atoms with Crippen molar-refractivity contribution in [3.63, 3.8) is 0 Å². The maximum atomic E-state index is 10.8. The highest BCUT2D eigenvalue weighted by molar-refractivity contribution is 5.85. The third-order valence-corrected chi connectivity index (χ3v) is 3.78. The highest BCUT2D eigenvalue weighted by Gasteiger charge is 2.34. The second-order valence-electron chi connectivity index (χ2n) is 4.77. The Morgan fingerprint density at radius 2 is 2.29 bits per heavy atom. The molecule has 0 spiro atoms. The van der Waals surface area contributed by atoms with E-state index < -0.39 is 5.97 Å². The van der Waals surface area contributed by atoms with Crippen LogP contribution in [0.3, 0.4) is 0 Å². The summed E-state index contributed by atoms with van der Waals surface area (Å²) in [5.41, 5.74) is 0.495. The molecule has 17 heavy (non-hydrogen) atoms. The van der Waals surface area contributed by atoms with Gasteiger partial charge in [0, 0.05) is 6.54 Å². The molecule has 1 aliphatic rings. The number of carboxylic acids is 1. The Balaban J connectivity index is 1.99. The average molecular weight is 234 g/mol. The largest absolute Gasteiger partial charge is 0.477 e. The smallest absolute Gasteiger partial charge is 0.354 e. The fourth-order valence-electron chi connectivity index (χ4n) is 2.26. The van der Waals surface area contributed by atoms with Crippen LogP contribution in [0.1, 0.15) is 43.1 Å². The summed E-state index contributed by atoms with van der Waals surface area (Å²) in [6.45, 7) is 3.10. The van der Waals surface area contributed by atoms with Gasteiger partial charge in [-0.25, -0.2) is 9.78 Å².